The maximum absolute atomic E-state index is 13.0. The number of aromatic nitrogens is 3. The molecular formula is C21H23F3N4O3. The van der Waals surface area contributed by atoms with E-state index in [0.29, 0.717) is 17.9 Å². The van der Waals surface area contributed by atoms with Gasteiger partial charge < -0.3 is 19.9 Å². The zero-order chi connectivity index (χ0) is 22.2. The summed E-state index contributed by atoms with van der Waals surface area (Å²) in [6.07, 6.45) is 0.255. The second-order valence-electron chi connectivity index (χ2n) is 7.85. The van der Waals surface area contributed by atoms with Crippen molar-refractivity contribution in [2.75, 3.05) is 12.4 Å². The summed E-state index contributed by atoms with van der Waals surface area (Å²) in [6, 6.07) is 7.42. The van der Waals surface area contributed by atoms with Crippen LogP contribution in [0.2, 0.25) is 0 Å². The van der Waals surface area contributed by atoms with Crippen molar-refractivity contribution >= 4 is 11.5 Å². The zero-order valence-corrected chi connectivity index (χ0v) is 17.1. The number of hydrogen-bond donors (Lipinski definition) is 2. The number of nitrogens with zero attached hydrogens (tertiary/aromatic N) is 3. The second-order valence-corrected chi connectivity index (χ2v) is 7.85. The van der Waals surface area contributed by atoms with Gasteiger partial charge in [-0.2, -0.15) is 0 Å². The van der Waals surface area contributed by atoms with Gasteiger partial charge in [0.05, 0.1) is 24.3 Å². The molecular weight excluding hydrogens is 413 g/mol. The molecule has 0 aliphatic heterocycles. The number of rotatable bonds is 5. The lowest BCUT2D eigenvalue weighted by atomic mass is 9.82. The molecule has 1 fully saturated rings. The summed E-state index contributed by atoms with van der Waals surface area (Å²) in [7, 11) is 1.36. The van der Waals surface area contributed by atoms with E-state index in [2.05, 4.69) is 20.3 Å². The Morgan fingerprint density at radius 1 is 1.23 bits per heavy atom. The summed E-state index contributed by atoms with van der Waals surface area (Å²) < 4.78 is 49.9. The molecule has 3 aromatic rings. The monoisotopic (exact) mass is 436 g/mol. The van der Waals surface area contributed by atoms with Gasteiger partial charge in [-0.25, -0.2) is 0 Å². The highest BCUT2D eigenvalue weighted by Crippen LogP contribution is 2.38. The molecule has 2 aromatic heterocycles. The lowest BCUT2D eigenvalue weighted by Gasteiger charge is -2.37. The van der Waals surface area contributed by atoms with Crippen LogP contribution in [0.4, 0.5) is 19.1 Å². The van der Waals surface area contributed by atoms with Gasteiger partial charge >= 0.3 is 6.36 Å². The molecule has 1 saturated carbocycles. The lowest BCUT2D eigenvalue weighted by Crippen LogP contribution is -2.47. The van der Waals surface area contributed by atoms with Crippen LogP contribution in [0.3, 0.4) is 0 Å². The predicted octanol–water partition coefficient (Wildman–Crippen LogP) is 4.41. The maximum Gasteiger partial charge on any atom is 0.573 e. The summed E-state index contributed by atoms with van der Waals surface area (Å²) in [5, 5.41) is 22.4. The first-order chi connectivity index (χ1) is 14.7. The van der Waals surface area contributed by atoms with Crippen LogP contribution in [0.5, 0.6) is 11.5 Å². The minimum atomic E-state index is -4.87. The third-order valence-corrected chi connectivity index (χ3v) is 5.61. The molecule has 0 bridgehead atoms. The second kappa shape index (κ2) is 7.92. The van der Waals surface area contributed by atoms with E-state index in [9.17, 15) is 18.3 Å². The zero-order valence-electron chi connectivity index (χ0n) is 17.1. The van der Waals surface area contributed by atoms with Crippen LogP contribution in [-0.4, -0.2) is 44.8 Å². The van der Waals surface area contributed by atoms with Crippen LogP contribution in [0, 0.1) is 0 Å². The molecule has 1 unspecified atom stereocenters. The summed E-state index contributed by atoms with van der Waals surface area (Å²) in [4.78, 5) is 0. The first-order valence-corrected chi connectivity index (χ1v) is 9.95. The molecule has 10 heteroatoms. The van der Waals surface area contributed by atoms with Crippen molar-refractivity contribution in [1.82, 2.24) is 14.6 Å². The Bertz CT molecular complexity index is 1080. The molecule has 2 heterocycles. The molecule has 0 spiro atoms. The topological polar surface area (TPSA) is 80.9 Å². The van der Waals surface area contributed by atoms with E-state index in [-0.39, 0.29) is 23.0 Å². The van der Waals surface area contributed by atoms with Gasteiger partial charge in [-0.15, -0.1) is 23.4 Å². The van der Waals surface area contributed by atoms with Crippen molar-refractivity contribution in [3.8, 4) is 22.8 Å². The third kappa shape index (κ3) is 4.39. The highest BCUT2D eigenvalue weighted by Gasteiger charge is 2.35. The number of fused-ring (bicyclic) bond motifs is 1. The van der Waals surface area contributed by atoms with Crippen molar-refractivity contribution in [3.63, 3.8) is 0 Å². The highest BCUT2D eigenvalue weighted by atomic mass is 19.4. The number of methoxy groups -OCH3 is 1. The fourth-order valence-electron chi connectivity index (χ4n) is 3.98. The van der Waals surface area contributed by atoms with Crippen LogP contribution in [0.25, 0.3) is 16.8 Å². The van der Waals surface area contributed by atoms with E-state index < -0.39 is 17.7 Å². The van der Waals surface area contributed by atoms with E-state index in [0.717, 1.165) is 25.3 Å². The van der Waals surface area contributed by atoms with Gasteiger partial charge in [-0.05, 0) is 44.0 Å². The largest absolute Gasteiger partial charge is 0.573 e. The number of alkyl halides is 3. The Hall–Kier alpha value is -3.01. The number of hydrogen-bond acceptors (Lipinski definition) is 6. The molecule has 166 valence electrons. The Kier molecular flexibility index (Phi) is 5.42. The quantitative estimate of drug-likeness (QED) is 0.617. The van der Waals surface area contributed by atoms with Crippen molar-refractivity contribution in [2.45, 2.75) is 50.6 Å². The van der Waals surface area contributed by atoms with Crippen LogP contribution in [0.15, 0.2) is 36.5 Å². The Labute approximate surface area is 176 Å². The lowest BCUT2D eigenvalue weighted by molar-refractivity contribution is -0.274. The molecule has 0 amide bonds. The van der Waals surface area contributed by atoms with Crippen LogP contribution in [0.1, 0.15) is 32.6 Å². The Morgan fingerprint density at radius 2 is 2.03 bits per heavy atom. The number of halogens is 3. The van der Waals surface area contributed by atoms with Gasteiger partial charge in [0.25, 0.3) is 0 Å². The minimum Gasteiger partial charge on any atom is -0.497 e. The minimum absolute atomic E-state index is 0.130. The number of aliphatic hydroxyl groups is 1. The predicted molar refractivity (Wildman–Crippen MR) is 108 cm³/mol. The fourth-order valence-corrected chi connectivity index (χ4v) is 3.98. The molecule has 2 N–H and O–H groups in total. The molecule has 1 aliphatic rings. The van der Waals surface area contributed by atoms with Crippen molar-refractivity contribution < 1.29 is 27.8 Å². The normalized spacial score (nSPS) is 21.8. The molecule has 31 heavy (non-hydrogen) atoms. The van der Waals surface area contributed by atoms with Crippen molar-refractivity contribution in [2.24, 2.45) is 0 Å². The molecule has 7 nitrogen and oxygen atoms in total. The van der Waals surface area contributed by atoms with Gasteiger partial charge in [0.15, 0.2) is 0 Å². The van der Waals surface area contributed by atoms with E-state index >= 15 is 0 Å². The van der Waals surface area contributed by atoms with Crippen molar-refractivity contribution in [1.29, 1.82) is 0 Å². The van der Waals surface area contributed by atoms with Crippen molar-refractivity contribution in [3.05, 3.63) is 36.5 Å². The first-order valence-electron chi connectivity index (χ1n) is 9.95. The van der Waals surface area contributed by atoms with Gasteiger partial charge in [0.2, 0.25) is 5.95 Å². The van der Waals surface area contributed by atoms with Crippen LogP contribution >= 0.6 is 0 Å². The average molecular weight is 436 g/mol. The fraction of sp³-hybridized carbons (Fsp3) is 0.429. The number of ether oxygens (including phenoxy) is 2. The summed E-state index contributed by atoms with van der Waals surface area (Å²) >= 11 is 0. The summed E-state index contributed by atoms with van der Waals surface area (Å²) in [5.74, 6) is 0.197. The third-order valence-electron chi connectivity index (χ3n) is 5.61. The Balaban J connectivity index is 1.76. The van der Waals surface area contributed by atoms with Crippen LogP contribution in [-0.2, 0) is 0 Å². The Morgan fingerprint density at radius 3 is 2.74 bits per heavy atom. The van der Waals surface area contributed by atoms with E-state index in [4.69, 9.17) is 4.74 Å². The molecule has 0 radical (unpaired) electrons. The first kappa shape index (κ1) is 21.2. The molecule has 0 saturated heterocycles. The van der Waals surface area contributed by atoms with Crippen LogP contribution < -0.4 is 14.8 Å². The SMILES string of the molecule is COc1ccc(-c2nnc(NC3CCCC[C@@]3(C)O)n3cccc23)c(OC(F)(F)F)c1. The summed E-state index contributed by atoms with van der Waals surface area (Å²) in [5.41, 5.74) is 0.0189. The van der Waals surface area contributed by atoms with Gasteiger partial charge in [0, 0.05) is 17.8 Å². The summed E-state index contributed by atoms with van der Waals surface area (Å²) in [6.45, 7) is 1.79. The van der Waals surface area contributed by atoms with E-state index in [1.807, 2.05) is 0 Å². The number of nitrogens with one attached hydrogen (secondary N) is 1. The molecule has 1 aromatic carbocycles. The smallest absolute Gasteiger partial charge is 0.497 e. The van der Waals surface area contributed by atoms with E-state index in [1.54, 1.807) is 29.7 Å². The van der Waals surface area contributed by atoms with E-state index in [1.165, 1.54) is 19.2 Å². The highest BCUT2D eigenvalue weighted by molar-refractivity contribution is 5.81. The molecule has 2 atom stereocenters. The van der Waals surface area contributed by atoms with Gasteiger partial charge in [-0.3, -0.25) is 4.40 Å². The number of benzene rings is 1. The van der Waals surface area contributed by atoms with Gasteiger partial charge in [0.1, 0.15) is 17.2 Å². The number of anilines is 1. The molecule has 1 aliphatic carbocycles. The standard InChI is InChI=1S/C21H23F3N4O3/c1-20(29)10-4-3-7-17(20)25-19-27-26-18(15-6-5-11-28(15)19)14-9-8-13(30-2)12-16(14)31-21(22,23)24/h5-6,8-9,11-12,17,29H,3-4,7,10H2,1-2H3,(H,25,27)/t17?,20-/m1/s1. The average Bonchev–Trinajstić information content (AvgIpc) is 3.19. The maximum atomic E-state index is 13.0. The molecule has 4 rings (SSSR count). The van der Waals surface area contributed by atoms with Gasteiger partial charge in [-0.1, -0.05) is 12.8 Å².